The molecule has 31 heavy (non-hydrogen) atoms. The molecule has 2 unspecified atom stereocenters. The highest BCUT2D eigenvalue weighted by atomic mass is 79.9. The minimum atomic E-state index is -2.79. The summed E-state index contributed by atoms with van der Waals surface area (Å²) in [6, 6.07) is 13.7. The summed E-state index contributed by atoms with van der Waals surface area (Å²) in [6.07, 6.45) is 3.43. The van der Waals surface area contributed by atoms with Crippen LogP contribution in [0.2, 0.25) is 0 Å². The predicted molar refractivity (Wildman–Crippen MR) is 129 cm³/mol. The second-order valence-electron chi connectivity index (χ2n) is 9.56. The van der Waals surface area contributed by atoms with Crippen LogP contribution in [0.3, 0.4) is 0 Å². The van der Waals surface area contributed by atoms with E-state index in [4.69, 9.17) is 4.98 Å². The van der Waals surface area contributed by atoms with Crippen LogP contribution in [0.25, 0.3) is 11.0 Å². The number of anilines is 2. The first kappa shape index (κ1) is 22.6. The molecule has 1 aliphatic carbocycles. The molecule has 2 aromatic carbocycles. The van der Waals surface area contributed by atoms with Gasteiger partial charge in [0.05, 0.1) is 11.0 Å². The molecule has 1 saturated carbocycles. The van der Waals surface area contributed by atoms with Crippen LogP contribution >= 0.6 is 27.7 Å². The lowest BCUT2D eigenvalue weighted by molar-refractivity contribution is 0.129. The van der Waals surface area contributed by atoms with Crippen molar-refractivity contribution in [3.8, 4) is 0 Å². The lowest BCUT2D eigenvalue weighted by Gasteiger charge is -2.40. The number of fused-ring (bicyclic) bond motifs is 1. The van der Waals surface area contributed by atoms with Gasteiger partial charge >= 0.3 is 0 Å². The van der Waals surface area contributed by atoms with Gasteiger partial charge in [-0.1, -0.05) is 48.5 Å². The number of thioether (sulfide) groups is 1. The van der Waals surface area contributed by atoms with Gasteiger partial charge < -0.3 is 9.88 Å². The summed E-state index contributed by atoms with van der Waals surface area (Å²) in [6.45, 7) is 7.93. The Morgan fingerprint density at radius 1 is 1.16 bits per heavy atom. The van der Waals surface area contributed by atoms with Gasteiger partial charge in [0.15, 0.2) is 0 Å². The third-order valence-corrected chi connectivity index (χ3v) is 7.15. The minimum absolute atomic E-state index is 0.274. The average Bonchev–Trinajstić information content (AvgIpc) is 2.97. The van der Waals surface area contributed by atoms with E-state index in [0.29, 0.717) is 28.6 Å². The average molecular weight is 508 g/mol. The zero-order valence-electron chi connectivity index (χ0n) is 18.3. The molecule has 4 rings (SSSR count). The first-order valence-electron chi connectivity index (χ1n) is 10.6. The second kappa shape index (κ2) is 8.39. The molecular weight excluding hydrogens is 480 g/mol. The summed E-state index contributed by atoms with van der Waals surface area (Å²) in [7, 11) is 0. The fourth-order valence-electron chi connectivity index (χ4n) is 4.96. The number of hydrogen-bond acceptors (Lipinski definition) is 3. The van der Waals surface area contributed by atoms with Gasteiger partial charge in [-0.3, -0.25) is 0 Å². The number of nitrogens with zero attached hydrogens (tertiary/aromatic N) is 2. The number of benzene rings is 2. The summed E-state index contributed by atoms with van der Waals surface area (Å²) < 4.78 is 29.9. The molecule has 1 N–H and O–H groups in total. The Morgan fingerprint density at radius 3 is 2.52 bits per heavy atom. The Labute approximate surface area is 195 Å². The van der Waals surface area contributed by atoms with Crippen molar-refractivity contribution < 1.29 is 8.78 Å². The Balaban J connectivity index is 1.70. The first-order chi connectivity index (χ1) is 14.5. The van der Waals surface area contributed by atoms with Gasteiger partial charge in [0.1, 0.15) is 0 Å². The maximum atomic E-state index is 13.3. The van der Waals surface area contributed by atoms with Crippen LogP contribution in [0.5, 0.6) is 0 Å². The molecule has 0 spiro atoms. The van der Waals surface area contributed by atoms with Gasteiger partial charge in [0, 0.05) is 28.0 Å². The normalized spacial score (nSPS) is 21.4. The summed E-state index contributed by atoms with van der Waals surface area (Å²) in [4.78, 5) is 5.44. The molecule has 3 nitrogen and oxygen atoms in total. The van der Waals surface area contributed by atoms with Crippen molar-refractivity contribution in [3.63, 3.8) is 0 Å². The first-order valence-corrected chi connectivity index (χ1v) is 12.2. The molecule has 1 heterocycles. The lowest BCUT2D eigenvalue weighted by Crippen LogP contribution is -2.29. The minimum Gasteiger partial charge on any atom is -0.326 e. The van der Waals surface area contributed by atoms with Gasteiger partial charge in [-0.2, -0.15) is 8.78 Å². The Morgan fingerprint density at radius 2 is 1.87 bits per heavy atom. The van der Waals surface area contributed by atoms with E-state index in [-0.39, 0.29) is 5.41 Å². The van der Waals surface area contributed by atoms with E-state index in [1.807, 2.05) is 18.2 Å². The monoisotopic (exact) mass is 507 g/mol. The van der Waals surface area contributed by atoms with Gasteiger partial charge in [-0.15, -0.1) is 0 Å². The summed E-state index contributed by atoms with van der Waals surface area (Å²) >= 11 is 4.12. The molecule has 0 saturated heterocycles. The molecule has 0 radical (unpaired) electrons. The third-order valence-electron chi connectivity index (χ3n) is 5.79. The smallest absolute Gasteiger partial charge is 0.295 e. The number of halogens is 3. The molecule has 1 aromatic heterocycles. The van der Waals surface area contributed by atoms with Crippen molar-refractivity contribution in [2.24, 2.45) is 11.3 Å². The number of hydrogen-bond donors (Lipinski definition) is 1. The molecule has 0 bridgehead atoms. The van der Waals surface area contributed by atoms with Gasteiger partial charge in [-0.05, 0) is 73.1 Å². The highest BCUT2D eigenvalue weighted by Crippen LogP contribution is 2.46. The fraction of sp³-hybridized carbons (Fsp3) is 0.458. The Bertz CT molecular complexity index is 1070. The molecule has 2 atom stereocenters. The number of aromatic nitrogens is 2. The number of alkyl halides is 2. The molecule has 1 fully saturated rings. The van der Waals surface area contributed by atoms with Gasteiger partial charge in [-0.25, -0.2) is 4.98 Å². The predicted octanol–water partition coefficient (Wildman–Crippen LogP) is 8.63. The largest absolute Gasteiger partial charge is 0.326 e. The van der Waals surface area contributed by atoms with E-state index in [1.165, 1.54) is 6.42 Å². The zero-order valence-corrected chi connectivity index (χ0v) is 20.7. The van der Waals surface area contributed by atoms with Gasteiger partial charge in [0.25, 0.3) is 5.25 Å². The van der Waals surface area contributed by atoms with Crippen LogP contribution in [-0.4, -0.2) is 14.8 Å². The van der Waals surface area contributed by atoms with E-state index >= 15 is 0 Å². The van der Waals surface area contributed by atoms with Crippen LogP contribution in [0.4, 0.5) is 20.4 Å². The number of nitrogens with one attached hydrogen (secondary N) is 1. The quantitative estimate of drug-likeness (QED) is 0.350. The molecule has 166 valence electrons. The van der Waals surface area contributed by atoms with Crippen LogP contribution < -0.4 is 5.32 Å². The molecule has 1 aliphatic rings. The second-order valence-corrected chi connectivity index (χ2v) is 11.9. The van der Waals surface area contributed by atoms with E-state index < -0.39 is 5.25 Å². The number of imidazole rings is 1. The SMILES string of the molecule is CC1CC(n2c(Nc3ccc(SC(C)(F)F)cc3)nc3cc(Br)ccc32)CC(C)(C)C1. The van der Waals surface area contributed by atoms with E-state index in [1.54, 1.807) is 12.1 Å². The lowest BCUT2D eigenvalue weighted by atomic mass is 9.70. The molecule has 3 aromatic rings. The van der Waals surface area contributed by atoms with Crippen LogP contribution in [0, 0.1) is 11.3 Å². The van der Waals surface area contributed by atoms with Crippen LogP contribution in [0.1, 0.15) is 53.0 Å². The maximum absolute atomic E-state index is 13.3. The summed E-state index contributed by atoms with van der Waals surface area (Å²) in [5, 5.41) is 0.660. The fourth-order valence-corrected chi connectivity index (χ4v) is 6.00. The highest BCUT2D eigenvalue weighted by molar-refractivity contribution is 9.10. The summed E-state index contributed by atoms with van der Waals surface area (Å²) in [5.74, 6) is 1.44. The maximum Gasteiger partial charge on any atom is 0.295 e. The third kappa shape index (κ3) is 5.43. The Kier molecular flexibility index (Phi) is 6.12. The Hall–Kier alpha value is -1.60. The van der Waals surface area contributed by atoms with Crippen LogP contribution in [0.15, 0.2) is 51.8 Å². The van der Waals surface area contributed by atoms with Crippen molar-refractivity contribution in [3.05, 3.63) is 46.9 Å². The number of rotatable bonds is 5. The van der Waals surface area contributed by atoms with Gasteiger partial charge in [0.2, 0.25) is 5.95 Å². The molecule has 0 amide bonds. The molecule has 0 aliphatic heterocycles. The standard InChI is InChI=1S/C24H28BrF2N3S/c1-15-11-18(14-23(2,3)13-15)30-21-10-5-16(25)12-20(21)29-22(30)28-17-6-8-19(9-7-17)31-24(4,26)27/h5-10,12,15,18H,11,13-14H2,1-4H3,(H,28,29). The van der Waals surface area contributed by atoms with E-state index in [0.717, 1.165) is 46.9 Å². The van der Waals surface area contributed by atoms with Crippen molar-refractivity contribution >= 4 is 50.4 Å². The van der Waals surface area contributed by atoms with Crippen molar-refractivity contribution in [1.29, 1.82) is 0 Å². The van der Waals surface area contributed by atoms with E-state index in [2.05, 4.69) is 58.7 Å². The topological polar surface area (TPSA) is 29.9 Å². The highest BCUT2D eigenvalue weighted by Gasteiger charge is 2.34. The van der Waals surface area contributed by atoms with Crippen molar-refractivity contribution in [1.82, 2.24) is 9.55 Å². The van der Waals surface area contributed by atoms with Crippen molar-refractivity contribution in [2.75, 3.05) is 5.32 Å². The summed E-state index contributed by atoms with van der Waals surface area (Å²) in [5.41, 5.74) is 3.15. The van der Waals surface area contributed by atoms with Crippen molar-refractivity contribution in [2.45, 2.75) is 63.1 Å². The molecular formula is C24H28BrF2N3S. The molecule has 7 heteroatoms. The van der Waals surface area contributed by atoms with Crippen LogP contribution in [-0.2, 0) is 0 Å². The zero-order chi connectivity index (χ0) is 22.4. The van der Waals surface area contributed by atoms with E-state index in [9.17, 15) is 8.78 Å².